The second-order valence-corrected chi connectivity index (χ2v) is 9.82. The van der Waals surface area contributed by atoms with Crippen LogP contribution in [0.5, 0.6) is 5.75 Å². The zero-order valence-corrected chi connectivity index (χ0v) is 18.9. The zero-order chi connectivity index (χ0) is 21.9. The van der Waals surface area contributed by atoms with Gasteiger partial charge in [0, 0.05) is 13.1 Å². The summed E-state index contributed by atoms with van der Waals surface area (Å²) in [6, 6.07) is 10.3. The summed E-state index contributed by atoms with van der Waals surface area (Å²) in [5.74, 6) is -0.0204. The van der Waals surface area contributed by atoms with Crippen molar-refractivity contribution in [2.75, 3.05) is 20.2 Å². The van der Waals surface area contributed by atoms with Crippen LogP contribution in [0.2, 0.25) is 0 Å². The van der Waals surface area contributed by atoms with Crippen molar-refractivity contribution in [1.29, 1.82) is 0 Å². The summed E-state index contributed by atoms with van der Waals surface area (Å²) in [7, 11) is -2.17. The van der Waals surface area contributed by atoms with Gasteiger partial charge in [0.15, 0.2) is 0 Å². The average Bonchev–Trinajstić information content (AvgIpc) is 2.73. The van der Waals surface area contributed by atoms with Crippen molar-refractivity contribution < 1.29 is 17.9 Å². The maximum atomic E-state index is 13.0. The summed E-state index contributed by atoms with van der Waals surface area (Å²) in [6.07, 6.45) is 2.75. The van der Waals surface area contributed by atoms with Gasteiger partial charge in [0.1, 0.15) is 5.75 Å². The molecule has 1 atom stereocenters. The largest absolute Gasteiger partial charge is 0.496 e. The molecule has 0 radical (unpaired) electrons. The molecule has 0 saturated carbocycles. The molecular formula is C23H30N2O4S. The van der Waals surface area contributed by atoms with Crippen LogP contribution in [-0.2, 0) is 10.0 Å². The summed E-state index contributed by atoms with van der Waals surface area (Å²) in [5, 5.41) is 2.98. The number of nitrogens with one attached hydrogen (secondary N) is 1. The highest BCUT2D eigenvalue weighted by Gasteiger charge is 2.28. The first-order valence-corrected chi connectivity index (χ1v) is 11.7. The van der Waals surface area contributed by atoms with Crippen LogP contribution >= 0.6 is 0 Å². The van der Waals surface area contributed by atoms with Crippen molar-refractivity contribution in [2.45, 2.75) is 51.0 Å². The Morgan fingerprint density at radius 3 is 2.40 bits per heavy atom. The lowest BCUT2D eigenvalue weighted by Crippen LogP contribution is -2.35. The third-order valence-corrected chi connectivity index (χ3v) is 7.50. The maximum Gasteiger partial charge on any atom is 0.255 e. The van der Waals surface area contributed by atoms with Crippen LogP contribution in [0.3, 0.4) is 0 Å². The highest BCUT2D eigenvalue weighted by atomic mass is 32.2. The van der Waals surface area contributed by atoms with Gasteiger partial charge in [-0.15, -0.1) is 0 Å². The van der Waals surface area contributed by atoms with E-state index >= 15 is 0 Å². The predicted molar refractivity (Wildman–Crippen MR) is 117 cm³/mol. The number of methoxy groups -OCH3 is 1. The fraction of sp³-hybridized carbons (Fsp3) is 0.435. The molecule has 0 spiro atoms. The van der Waals surface area contributed by atoms with E-state index in [0.717, 1.165) is 36.0 Å². The van der Waals surface area contributed by atoms with Crippen LogP contribution in [0.4, 0.5) is 0 Å². The van der Waals surface area contributed by atoms with Crippen molar-refractivity contribution >= 4 is 15.9 Å². The molecule has 2 aromatic rings. The third-order valence-electron chi connectivity index (χ3n) is 5.61. The Bertz CT molecular complexity index is 1030. The molecule has 0 aromatic heterocycles. The Morgan fingerprint density at radius 1 is 1.07 bits per heavy atom. The lowest BCUT2D eigenvalue weighted by atomic mass is 10.00. The van der Waals surface area contributed by atoms with Crippen LogP contribution in [0.1, 0.15) is 59.3 Å². The fourth-order valence-electron chi connectivity index (χ4n) is 3.94. The SMILES string of the molecule is COc1ccc(S(=O)(=O)N2CCCCC2)cc1C(=O)N[C@@H](C)c1ccc(C)cc1C. The average molecular weight is 431 g/mol. The van der Waals surface area contributed by atoms with Gasteiger partial charge in [0.2, 0.25) is 10.0 Å². The fourth-order valence-corrected chi connectivity index (χ4v) is 5.49. The minimum Gasteiger partial charge on any atom is -0.496 e. The van der Waals surface area contributed by atoms with E-state index in [9.17, 15) is 13.2 Å². The molecular weight excluding hydrogens is 400 g/mol. The Kier molecular flexibility index (Phi) is 6.83. The van der Waals surface area contributed by atoms with Crippen LogP contribution < -0.4 is 10.1 Å². The molecule has 3 rings (SSSR count). The summed E-state index contributed by atoms with van der Waals surface area (Å²) in [6.45, 7) is 6.98. The van der Waals surface area contributed by atoms with Crippen LogP contribution in [0.25, 0.3) is 0 Å². The molecule has 1 fully saturated rings. The van der Waals surface area contributed by atoms with E-state index in [1.807, 2.05) is 32.9 Å². The van der Waals surface area contributed by atoms with Crippen LogP contribution in [0, 0.1) is 13.8 Å². The predicted octanol–water partition coefficient (Wildman–Crippen LogP) is 3.98. The van der Waals surface area contributed by atoms with E-state index in [0.29, 0.717) is 18.8 Å². The van der Waals surface area contributed by atoms with Crippen molar-refractivity contribution in [3.63, 3.8) is 0 Å². The van der Waals surface area contributed by atoms with Gasteiger partial charge in [-0.3, -0.25) is 4.79 Å². The molecule has 0 bridgehead atoms. The number of sulfonamides is 1. The van der Waals surface area contributed by atoms with Crippen molar-refractivity contribution in [3.05, 3.63) is 58.7 Å². The number of hydrogen-bond donors (Lipinski definition) is 1. The van der Waals surface area contributed by atoms with Gasteiger partial charge in [-0.05, 0) is 62.9 Å². The van der Waals surface area contributed by atoms with Crippen molar-refractivity contribution in [1.82, 2.24) is 9.62 Å². The Labute approximate surface area is 179 Å². The zero-order valence-electron chi connectivity index (χ0n) is 18.1. The monoisotopic (exact) mass is 430 g/mol. The van der Waals surface area contributed by atoms with Crippen molar-refractivity contribution in [3.8, 4) is 5.75 Å². The van der Waals surface area contributed by atoms with Crippen LogP contribution in [-0.4, -0.2) is 38.8 Å². The van der Waals surface area contributed by atoms with Gasteiger partial charge in [0.05, 0.1) is 23.6 Å². The number of benzene rings is 2. The Morgan fingerprint density at radius 2 is 1.77 bits per heavy atom. The first kappa shape index (κ1) is 22.3. The number of carbonyl (C=O) groups is 1. The van der Waals surface area contributed by atoms with Crippen molar-refractivity contribution in [2.24, 2.45) is 0 Å². The topological polar surface area (TPSA) is 75.7 Å². The molecule has 1 aliphatic rings. The Balaban J connectivity index is 1.88. The quantitative estimate of drug-likeness (QED) is 0.752. The minimum atomic E-state index is -3.64. The summed E-state index contributed by atoms with van der Waals surface area (Å²) in [5.41, 5.74) is 3.49. The highest BCUT2D eigenvalue weighted by molar-refractivity contribution is 7.89. The third kappa shape index (κ3) is 4.68. The lowest BCUT2D eigenvalue weighted by Gasteiger charge is -2.26. The number of rotatable bonds is 6. The number of carbonyl (C=O) groups excluding carboxylic acids is 1. The summed E-state index contributed by atoms with van der Waals surface area (Å²) in [4.78, 5) is 13.2. The van der Waals surface area contributed by atoms with Gasteiger partial charge in [-0.25, -0.2) is 8.42 Å². The number of piperidine rings is 1. The molecule has 0 unspecified atom stereocenters. The smallest absolute Gasteiger partial charge is 0.255 e. The molecule has 0 aliphatic carbocycles. The lowest BCUT2D eigenvalue weighted by molar-refractivity contribution is 0.0936. The highest BCUT2D eigenvalue weighted by Crippen LogP contribution is 2.27. The molecule has 1 saturated heterocycles. The maximum absolute atomic E-state index is 13.0. The molecule has 162 valence electrons. The molecule has 1 N–H and O–H groups in total. The number of amides is 1. The van der Waals surface area contributed by atoms with E-state index in [-0.39, 0.29) is 22.4 Å². The molecule has 1 amide bonds. The van der Waals surface area contributed by atoms with E-state index in [1.165, 1.54) is 23.5 Å². The number of ether oxygens (including phenoxy) is 1. The van der Waals surface area contributed by atoms with E-state index in [1.54, 1.807) is 6.07 Å². The summed E-state index contributed by atoms with van der Waals surface area (Å²) < 4.78 is 32.9. The number of nitrogens with zero attached hydrogens (tertiary/aromatic N) is 1. The summed E-state index contributed by atoms with van der Waals surface area (Å²) >= 11 is 0. The second kappa shape index (κ2) is 9.18. The molecule has 6 nitrogen and oxygen atoms in total. The van der Waals surface area contributed by atoms with Gasteiger partial charge < -0.3 is 10.1 Å². The van der Waals surface area contributed by atoms with E-state index < -0.39 is 10.0 Å². The molecule has 7 heteroatoms. The van der Waals surface area contributed by atoms with Crippen LogP contribution in [0.15, 0.2) is 41.3 Å². The molecule has 1 aliphatic heterocycles. The van der Waals surface area contributed by atoms with Gasteiger partial charge in [0.25, 0.3) is 5.91 Å². The Hall–Kier alpha value is -2.38. The van der Waals surface area contributed by atoms with Gasteiger partial charge in [-0.2, -0.15) is 4.31 Å². The molecule has 1 heterocycles. The van der Waals surface area contributed by atoms with E-state index in [2.05, 4.69) is 11.4 Å². The number of hydrogen-bond acceptors (Lipinski definition) is 4. The standard InChI is InChI=1S/C23H30N2O4S/c1-16-8-10-20(17(2)14-16)18(3)24-23(26)21-15-19(9-11-22(21)29-4)30(27,28)25-12-6-5-7-13-25/h8-11,14-15,18H,5-7,12-13H2,1-4H3,(H,24,26)/t18-/m0/s1. The normalized spacial score (nSPS) is 16.1. The van der Waals surface area contributed by atoms with Gasteiger partial charge in [-0.1, -0.05) is 30.2 Å². The van der Waals surface area contributed by atoms with E-state index in [4.69, 9.17) is 4.74 Å². The first-order chi connectivity index (χ1) is 14.2. The minimum absolute atomic E-state index is 0.120. The molecule has 2 aromatic carbocycles. The second-order valence-electron chi connectivity index (χ2n) is 7.88. The number of aryl methyl sites for hydroxylation is 2. The first-order valence-electron chi connectivity index (χ1n) is 10.3. The van der Waals surface area contributed by atoms with Gasteiger partial charge >= 0.3 is 0 Å². The molecule has 30 heavy (non-hydrogen) atoms.